The minimum atomic E-state index is 0.0962. The van der Waals surface area contributed by atoms with Crippen molar-refractivity contribution in [2.75, 3.05) is 59.0 Å². The van der Waals surface area contributed by atoms with Crippen LogP contribution in [0.5, 0.6) is 0 Å². The van der Waals surface area contributed by atoms with Crippen LogP contribution < -0.4 is 0 Å². The van der Waals surface area contributed by atoms with Crippen molar-refractivity contribution in [2.24, 2.45) is 4.99 Å². The van der Waals surface area contributed by atoms with Crippen LogP contribution in [-0.4, -0.2) is 91.5 Å². The van der Waals surface area contributed by atoms with Crippen LogP contribution in [0.15, 0.2) is 28.7 Å². The Kier molecular flexibility index (Phi) is 6.76. The van der Waals surface area contributed by atoms with Crippen molar-refractivity contribution in [3.8, 4) is 0 Å². The second kappa shape index (κ2) is 8.81. The minimum Gasteiger partial charge on any atom is -0.490 e. The molecule has 2 aliphatic rings. The van der Waals surface area contributed by atoms with Crippen molar-refractivity contribution in [1.29, 1.82) is 0 Å². The zero-order chi connectivity index (χ0) is 16.7. The van der Waals surface area contributed by atoms with Crippen molar-refractivity contribution in [1.82, 2.24) is 14.7 Å². The molecule has 0 spiro atoms. The maximum atomic E-state index is 12.6. The normalized spacial score (nSPS) is 20.9. The fourth-order valence-corrected chi connectivity index (χ4v) is 2.84. The number of carbonyl (C=O) groups is 1. The molecule has 0 bridgehead atoms. The number of nitrogens with zero attached hydrogens (tertiary/aromatic N) is 4. The quantitative estimate of drug-likeness (QED) is 0.692. The summed E-state index contributed by atoms with van der Waals surface area (Å²) in [6.45, 7) is 11.2. The zero-order valence-corrected chi connectivity index (χ0v) is 13.8. The van der Waals surface area contributed by atoms with Crippen molar-refractivity contribution >= 4 is 12.6 Å². The summed E-state index contributed by atoms with van der Waals surface area (Å²) in [5, 5.41) is 8.97. The number of piperazine rings is 1. The molecule has 0 saturated carbocycles. The number of β-amino-alcohol motifs (C(OH)–C–C–N with tert-alkyl or cyclic N) is 1. The number of hydrogen-bond acceptors (Lipinski definition) is 6. The van der Waals surface area contributed by atoms with E-state index in [2.05, 4.69) is 21.5 Å². The minimum absolute atomic E-state index is 0.0962. The Hall–Kier alpha value is -1.70. The number of amides is 1. The summed E-state index contributed by atoms with van der Waals surface area (Å²) in [5.74, 6) is 0.767. The highest BCUT2D eigenvalue weighted by Crippen LogP contribution is 2.18. The first-order chi connectivity index (χ1) is 11.2. The van der Waals surface area contributed by atoms with Gasteiger partial charge in [0.25, 0.3) is 0 Å². The lowest BCUT2D eigenvalue weighted by Gasteiger charge is -2.36. The average molecular weight is 322 g/mol. The van der Waals surface area contributed by atoms with Crippen molar-refractivity contribution < 1.29 is 14.6 Å². The van der Waals surface area contributed by atoms with E-state index in [0.29, 0.717) is 32.0 Å². The van der Waals surface area contributed by atoms with Gasteiger partial charge >= 0.3 is 0 Å². The average Bonchev–Trinajstić information content (AvgIpc) is 2.56. The summed E-state index contributed by atoms with van der Waals surface area (Å²) in [5.41, 5.74) is 0.820. The molecule has 1 fully saturated rings. The number of aliphatic hydroxyl groups excluding tert-OH is 1. The summed E-state index contributed by atoms with van der Waals surface area (Å²) in [7, 11) is 0. The van der Waals surface area contributed by atoms with Gasteiger partial charge in [0, 0.05) is 45.0 Å². The van der Waals surface area contributed by atoms with Crippen LogP contribution >= 0.6 is 0 Å². The molecular formula is C16H26N4O3. The smallest absolute Gasteiger partial charge is 0.241 e. The molecule has 0 aromatic heterocycles. The van der Waals surface area contributed by atoms with Gasteiger partial charge in [-0.1, -0.05) is 0 Å². The Morgan fingerprint density at radius 1 is 1.30 bits per heavy atom. The fourth-order valence-electron chi connectivity index (χ4n) is 2.84. The zero-order valence-electron chi connectivity index (χ0n) is 13.8. The van der Waals surface area contributed by atoms with Gasteiger partial charge in [0.05, 0.1) is 25.4 Å². The third-order valence-electron chi connectivity index (χ3n) is 4.21. The molecule has 1 N–H and O–H groups in total. The molecule has 128 valence electrons. The van der Waals surface area contributed by atoms with E-state index in [1.165, 1.54) is 0 Å². The Morgan fingerprint density at radius 3 is 2.65 bits per heavy atom. The molecule has 23 heavy (non-hydrogen) atoms. The molecule has 0 atom stereocenters. The SMILES string of the molecule is C=N/C=C\C1=C(C)N(C(=O)CN2CCN(CCO)CC2)CCO1. The molecule has 2 rings (SSSR count). The van der Waals surface area contributed by atoms with E-state index in [1.807, 2.05) is 6.92 Å². The van der Waals surface area contributed by atoms with Crippen LogP contribution in [0.25, 0.3) is 0 Å². The van der Waals surface area contributed by atoms with Gasteiger partial charge in [0.1, 0.15) is 12.4 Å². The van der Waals surface area contributed by atoms with Crippen LogP contribution in [0.1, 0.15) is 6.92 Å². The van der Waals surface area contributed by atoms with E-state index in [-0.39, 0.29) is 12.5 Å². The number of carbonyl (C=O) groups excluding carboxylic acids is 1. The third kappa shape index (κ3) is 4.89. The van der Waals surface area contributed by atoms with Gasteiger partial charge in [-0.05, 0) is 13.6 Å². The molecule has 0 unspecified atom stereocenters. The Labute approximate surface area is 137 Å². The molecule has 0 aliphatic carbocycles. The van der Waals surface area contributed by atoms with Gasteiger partial charge in [0.2, 0.25) is 5.91 Å². The summed E-state index contributed by atoms with van der Waals surface area (Å²) >= 11 is 0. The maximum Gasteiger partial charge on any atom is 0.241 e. The van der Waals surface area contributed by atoms with E-state index in [4.69, 9.17) is 9.84 Å². The molecule has 7 nitrogen and oxygen atoms in total. The number of hydrogen-bond donors (Lipinski definition) is 1. The Morgan fingerprint density at radius 2 is 2.00 bits per heavy atom. The van der Waals surface area contributed by atoms with E-state index < -0.39 is 0 Å². The van der Waals surface area contributed by atoms with Crippen molar-refractivity contribution in [2.45, 2.75) is 6.92 Å². The van der Waals surface area contributed by atoms with E-state index in [1.54, 1.807) is 17.2 Å². The van der Waals surface area contributed by atoms with Crippen LogP contribution in [0.2, 0.25) is 0 Å². The van der Waals surface area contributed by atoms with Crippen LogP contribution in [0.4, 0.5) is 0 Å². The first-order valence-electron chi connectivity index (χ1n) is 7.97. The summed E-state index contributed by atoms with van der Waals surface area (Å²) in [6, 6.07) is 0. The van der Waals surface area contributed by atoms with Gasteiger partial charge in [0.15, 0.2) is 0 Å². The largest absolute Gasteiger partial charge is 0.490 e. The van der Waals surface area contributed by atoms with Crippen LogP contribution in [-0.2, 0) is 9.53 Å². The Balaban J connectivity index is 1.90. The highest BCUT2D eigenvalue weighted by molar-refractivity contribution is 5.80. The van der Waals surface area contributed by atoms with E-state index in [0.717, 1.165) is 31.9 Å². The van der Waals surface area contributed by atoms with E-state index >= 15 is 0 Å². The number of aliphatic hydroxyl groups is 1. The molecule has 1 amide bonds. The summed E-state index contributed by atoms with van der Waals surface area (Å²) < 4.78 is 5.57. The lowest BCUT2D eigenvalue weighted by molar-refractivity contribution is -0.132. The third-order valence-corrected chi connectivity index (χ3v) is 4.21. The van der Waals surface area contributed by atoms with Crippen molar-refractivity contribution in [3.05, 3.63) is 23.7 Å². The lowest BCUT2D eigenvalue weighted by Crippen LogP contribution is -2.51. The monoisotopic (exact) mass is 322 g/mol. The molecule has 0 aromatic carbocycles. The van der Waals surface area contributed by atoms with Crippen molar-refractivity contribution in [3.63, 3.8) is 0 Å². The predicted molar refractivity (Wildman–Crippen MR) is 89.0 cm³/mol. The number of aliphatic imine (C=N–C) groups is 1. The predicted octanol–water partition coefficient (Wildman–Crippen LogP) is -0.0991. The molecule has 2 heterocycles. The fraction of sp³-hybridized carbons (Fsp3) is 0.625. The van der Waals surface area contributed by atoms with Crippen LogP contribution in [0, 0.1) is 0 Å². The molecule has 7 heteroatoms. The number of rotatable bonds is 6. The lowest BCUT2D eigenvalue weighted by atomic mass is 10.2. The second-order valence-electron chi connectivity index (χ2n) is 5.68. The first kappa shape index (κ1) is 17.7. The standard InChI is InChI=1S/C16H26N4O3/c1-14-15(3-4-17-2)23-12-10-20(14)16(22)13-19-7-5-18(6-8-19)9-11-21/h3-4,21H,2,5-13H2,1H3/b4-3-. The van der Waals surface area contributed by atoms with Gasteiger partial charge in [-0.25, -0.2) is 0 Å². The topological polar surface area (TPSA) is 68.6 Å². The van der Waals surface area contributed by atoms with Gasteiger partial charge in [-0.2, -0.15) is 0 Å². The van der Waals surface area contributed by atoms with Crippen LogP contribution in [0.3, 0.4) is 0 Å². The molecular weight excluding hydrogens is 296 g/mol. The maximum absolute atomic E-state index is 12.6. The van der Waals surface area contributed by atoms with Gasteiger partial charge < -0.3 is 14.7 Å². The molecule has 0 aromatic rings. The first-order valence-corrected chi connectivity index (χ1v) is 7.97. The molecule has 1 saturated heterocycles. The molecule has 0 radical (unpaired) electrons. The summed E-state index contributed by atoms with van der Waals surface area (Å²) in [6.07, 6.45) is 3.29. The summed E-state index contributed by atoms with van der Waals surface area (Å²) in [4.78, 5) is 22.4. The Bertz CT molecular complexity index is 482. The van der Waals surface area contributed by atoms with E-state index in [9.17, 15) is 4.79 Å². The molecule has 2 aliphatic heterocycles. The highest BCUT2D eigenvalue weighted by atomic mass is 16.5. The second-order valence-corrected chi connectivity index (χ2v) is 5.68. The highest BCUT2D eigenvalue weighted by Gasteiger charge is 2.25. The van der Waals surface area contributed by atoms with Gasteiger partial charge in [-0.15, -0.1) is 0 Å². The number of allylic oxidation sites excluding steroid dienone is 2. The number of ether oxygens (including phenoxy) is 1. The van der Waals surface area contributed by atoms with Gasteiger partial charge in [-0.3, -0.25) is 19.6 Å².